The number of aromatic nitrogens is 3. The summed E-state index contributed by atoms with van der Waals surface area (Å²) in [5.74, 6) is 0.814. The van der Waals surface area contributed by atoms with Crippen LogP contribution in [-0.4, -0.2) is 22.4 Å². The number of aromatic amines is 1. The predicted octanol–water partition coefficient (Wildman–Crippen LogP) is 7.93. The van der Waals surface area contributed by atoms with Crippen molar-refractivity contribution in [3.05, 3.63) is 118 Å². The molecule has 0 radical (unpaired) electrons. The second-order valence-electron chi connectivity index (χ2n) is 10.5. The minimum absolute atomic E-state index is 0.0414. The molecule has 6 rings (SSSR count). The number of nitrogens with one attached hydrogen (secondary N) is 1. The number of rotatable bonds is 6. The van der Waals surface area contributed by atoms with Crippen LogP contribution in [0.4, 0.5) is 0 Å². The Hall–Kier alpha value is -3.68. The molecular formula is C33H29IN4O2S. The monoisotopic (exact) mass is 672 g/mol. The van der Waals surface area contributed by atoms with Crippen LogP contribution in [0.3, 0.4) is 0 Å². The number of hydrogen-bond acceptors (Lipinski definition) is 4. The van der Waals surface area contributed by atoms with E-state index in [1.165, 1.54) is 3.97 Å². The van der Waals surface area contributed by atoms with Gasteiger partial charge in [0.15, 0.2) is 0 Å². The minimum Gasteiger partial charge on any atom is -0.341 e. The topological polar surface area (TPSA) is 91.5 Å². The number of fused-ring (bicyclic) bond motifs is 2. The lowest BCUT2D eigenvalue weighted by molar-refractivity contribution is 0.589. The molecule has 206 valence electrons. The molecule has 8 heteroatoms. The van der Waals surface area contributed by atoms with E-state index in [-0.39, 0.29) is 14.7 Å². The summed E-state index contributed by atoms with van der Waals surface area (Å²) >= 11 is 2.42. The van der Waals surface area contributed by atoms with Gasteiger partial charge >= 0.3 is 0 Å². The number of hydrogen-bond donors (Lipinski definition) is 1. The fraction of sp³-hybridized carbons (Fsp3) is 0.212. The maximum absolute atomic E-state index is 14.2. The van der Waals surface area contributed by atoms with E-state index in [0.29, 0.717) is 11.1 Å². The molecule has 2 unspecified atom stereocenters. The number of allylic oxidation sites excluding steroid dienone is 4. The fourth-order valence-electron chi connectivity index (χ4n) is 5.77. The molecule has 0 saturated carbocycles. The van der Waals surface area contributed by atoms with Crippen molar-refractivity contribution in [1.29, 1.82) is 5.26 Å². The van der Waals surface area contributed by atoms with Gasteiger partial charge in [0.25, 0.3) is 10.0 Å². The van der Waals surface area contributed by atoms with Gasteiger partial charge in [-0.1, -0.05) is 77.6 Å². The van der Waals surface area contributed by atoms with Gasteiger partial charge in [0.1, 0.15) is 5.82 Å². The molecule has 5 aromatic rings. The number of imidazole rings is 1. The first-order chi connectivity index (χ1) is 19.7. The van der Waals surface area contributed by atoms with E-state index in [4.69, 9.17) is 4.98 Å². The van der Waals surface area contributed by atoms with Gasteiger partial charge < -0.3 is 4.98 Å². The van der Waals surface area contributed by atoms with Gasteiger partial charge in [-0.15, -0.1) is 0 Å². The Morgan fingerprint density at radius 3 is 2.61 bits per heavy atom. The van der Waals surface area contributed by atoms with Crippen LogP contribution in [0.5, 0.6) is 0 Å². The molecule has 0 spiro atoms. The van der Waals surface area contributed by atoms with E-state index in [2.05, 4.69) is 58.8 Å². The molecule has 3 aromatic carbocycles. The minimum atomic E-state index is -3.86. The largest absolute Gasteiger partial charge is 0.341 e. The molecule has 0 amide bonds. The summed E-state index contributed by atoms with van der Waals surface area (Å²) in [6, 6.07) is 16.8. The van der Waals surface area contributed by atoms with Crippen molar-refractivity contribution in [2.24, 2.45) is 0 Å². The summed E-state index contributed by atoms with van der Waals surface area (Å²) in [7, 11) is -3.86. The molecule has 0 saturated heterocycles. The number of alkyl halides is 1. The van der Waals surface area contributed by atoms with Crippen molar-refractivity contribution in [1.82, 2.24) is 13.9 Å². The quantitative estimate of drug-likeness (QED) is 0.147. The summed E-state index contributed by atoms with van der Waals surface area (Å²) in [6.07, 6.45) is 11.8. The smallest absolute Gasteiger partial charge is 0.268 e. The maximum Gasteiger partial charge on any atom is 0.268 e. The Kier molecular flexibility index (Phi) is 7.12. The first-order valence-corrected chi connectivity index (χ1v) is 16.3. The highest BCUT2D eigenvalue weighted by Crippen LogP contribution is 2.45. The van der Waals surface area contributed by atoms with E-state index in [0.717, 1.165) is 62.9 Å². The average molecular weight is 673 g/mol. The molecule has 1 aliphatic carbocycles. The Morgan fingerprint density at radius 1 is 1.15 bits per heavy atom. The maximum atomic E-state index is 14.2. The zero-order chi connectivity index (χ0) is 28.9. The van der Waals surface area contributed by atoms with Gasteiger partial charge in [-0.2, -0.15) is 5.26 Å². The second kappa shape index (κ2) is 10.6. The highest BCUT2D eigenvalue weighted by molar-refractivity contribution is 14.1. The Bertz CT molecular complexity index is 2030. The molecule has 41 heavy (non-hydrogen) atoms. The van der Waals surface area contributed by atoms with E-state index in [1.54, 1.807) is 18.2 Å². The molecule has 2 aromatic heterocycles. The van der Waals surface area contributed by atoms with Crippen LogP contribution in [0.2, 0.25) is 0 Å². The van der Waals surface area contributed by atoms with Gasteiger partial charge in [-0.05, 0) is 79.3 Å². The predicted molar refractivity (Wildman–Crippen MR) is 172 cm³/mol. The summed E-state index contributed by atoms with van der Waals surface area (Å²) < 4.78 is 29.7. The van der Waals surface area contributed by atoms with Crippen molar-refractivity contribution in [3.8, 4) is 6.07 Å². The first-order valence-electron chi connectivity index (χ1n) is 13.6. The van der Waals surface area contributed by atoms with Crippen molar-refractivity contribution >= 4 is 54.6 Å². The highest BCUT2D eigenvalue weighted by atomic mass is 127. The number of nitriles is 1. The van der Waals surface area contributed by atoms with Crippen molar-refractivity contribution in [3.63, 3.8) is 0 Å². The normalized spacial score (nSPS) is 15.9. The molecule has 6 nitrogen and oxygen atoms in total. The molecular weight excluding hydrogens is 643 g/mol. The SMILES string of the molecule is CCc1cc(C)c2c(c(C3C=CC=CC3)cn2S(=O)(=O)c2ccc(C)cc2)c1C(I)c1nc2ccc(C#N)cc2[nH]1. The third-order valence-corrected chi connectivity index (χ3v) is 10.7. The van der Waals surface area contributed by atoms with Gasteiger partial charge in [0.05, 0.1) is 37.0 Å². The van der Waals surface area contributed by atoms with Crippen LogP contribution in [0.1, 0.15) is 62.4 Å². The molecule has 2 atom stereocenters. The summed E-state index contributed by atoms with van der Waals surface area (Å²) in [6.45, 7) is 6.08. The molecule has 1 N–H and O–H groups in total. The van der Waals surface area contributed by atoms with Crippen LogP contribution in [-0.2, 0) is 16.4 Å². The van der Waals surface area contributed by atoms with Crippen LogP contribution in [0, 0.1) is 25.2 Å². The van der Waals surface area contributed by atoms with E-state index in [9.17, 15) is 13.7 Å². The zero-order valence-electron chi connectivity index (χ0n) is 23.0. The van der Waals surface area contributed by atoms with Gasteiger partial charge in [-0.25, -0.2) is 17.4 Å². The number of halogens is 1. The van der Waals surface area contributed by atoms with Gasteiger partial charge in [0, 0.05) is 17.5 Å². The molecule has 0 bridgehead atoms. The van der Waals surface area contributed by atoms with Crippen molar-refractivity contribution in [2.45, 2.75) is 48.4 Å². The number of H-pyrrole nitrogens is 1. The molecule has 0 fully saturated rings. The van der Waals surface area contributed by atoms with Crippen molar-refractivity contribution < 1.29 is 8.42 Å². The summed E-state index contributed by atoms with van der Waals surface area (Å²) in [4.78, 5) is 8.61. The lowest BCUT2D eigenvalue weighted by Gasteiger charge is -2.20. The van der Waals surface area contributed by atoms with Crippen LogP contribution < -0.4 is 0 Å². The average Bonchev–Trinajstić information content (AvgIpc) is 3.60. The van der Waals surface area contributed by atoms with Crippen LogP contribution in [0.15, 0.2) is 83.9 Å². The number of aryl methyl sites for hydroxylation is 3. The Labute approximate surface area is 253 Å². The van der Waals surface area contributed by atoms with Crippen LogP contribution >= 0.6 is 22.6 Å². The Morgan fingerprint density at radius 2 is 1.93 bits per heavy atom. The fourth-order valence-corrected chi connectivity index (χ4v) is 8.21. The lowest BCUT2D eigenvalue weighted by atomic mass is 9.87. The van der Waals surface area contributed by atoms with E-state index < -0.39 is 10.0 Å². The third kappa shape index (κ3) is 4.71. The standard InChI is InChI=1S/C33H29IN4O2S/c1-4-23-16-21(3)32-30(29(23)31(34)33-36-27-15-12-22(18-35)17-28(27)37-33)26(24-8-6-5-7-9-24)19-38(32)41(39,40)25-13-10-20(2)11-14-25/h5-8,10-17,19,24,31H,4,9H2,1-3H3,(H,36,37). The lowest BCUT2D eigenvalue weighted by Crippen LogP contribution is -2.13. The summed E-state index contributed by atoms with van der Waals surface area (Å²) in [5.41, 5.74) is 8.04. The third-order valence-electron chi connectivity index (χ3n) is 7.84. The summed E-state index contributed by atoms with van der Waals surface area (Å²) in [5, 5.41) is 10.3. The molecule has 1 aliphatic rings. The zero-order valence-corrected chi connectivity index (χ0v) is 26.0. The second-order valence-corrected chi connectivity index (χ2v) is 13.6. The number of nitrogens with zero attached hydrogens (tertiary/aromatic N) is 3. The number of benzene rings is 3. The van der Waals surface area contributed by atoms with Gasteiger partial charge in [0.2, 0.25) is 0 Å². The Balaban J connectivity index is 1.65. The van der Waals surface area contributed by atoms with Crippen LogP contribution in [0.25, 0.3) is 21.9 Å². The molecule has 2 heterocycles. The van der Waals surface area contributed by atoms with Crippen molar-refractivity contribution in [2.75, 3.05) is 0 Å². The van der Waals surface area contributed by atoms with E-state index in [1.807, 2.05) is 56.5 Å². The highest BCUT2D eigenvalue weighted by Gasteiger charge is 2.30. The first kappa shape index (κ1) is 27.5. The molecule has 0 aliphatic heterocycles. The van der Waals surface area contributed by atoms with E-state index >= 15 is 0 Å². The van der Waals surface area contributed by atoms with Gasteiger partial charge in [-0.3, -0.25) is 0 Å².